The van der Waals surface area contributed by atoms with Crippen molar-refractivity contribution in [3.8, 4) is 0 Å². The fraction of sp³-hybridized carbons (Fsp3) is 0.867. The monoisotopic (exact) mass is 420 g/mol. The van der Waals surface area contributed by atoms with Crippen molar-refractivity contribution in [2.45, 2.75) is 149 Å². The van der Waals surface area contributed by atoms with Crippen LogP contribution in [0.25, 0.3) is 0 Å². The Hall–Kier alpha value is -0.520. The van der Waals surface area contributed by atoms with E-state index in [1.165, 1.54) is 38.5 Å². The Morgan fingerprint density at radius 2 is 0.467 bits per heavy atom. The lowest BCUT2D eigenvalue weighted by molar-refractivity contribution is 0.445. The number of allylic oxidation sites excluding steroid dienone is 4. The van der Waals surface area contributed by atoms with Crippen molar-refractivity contribution in [3.63, 3.8) is 0 Å². The van der Waals surface area contributed by atoms with Gasteiger partial charge >= 0.3 is 0 Å². The van der Waals surface area contributed by atoms with Crippen LogP contribution < -0.4 is 0 Å². The summed E-state index contributed by atoms with van der Waals surface area (Å²) in [7, 11) is 0. The van der Waals surface area contributed by atoms with Crippen LogP contribution in [0.15, 0.2) is 22.3 Å². The Morgan fingerprint density at radius 3 is 0.567 bits per heavy atom. The van der Waals surface area contributed by atoms with E-state index in [1.807, 2.05) is 27.7 Å². The van der Waals surface area contributed by atoms with E-state index < -0.39 is 0 Å². The van der Waals surface area contributed by atoms with E-state index in [0.717, 1.165) is 0 Å². The van der Waals surface area contributed by atoms with Gasteiger partial charge in [0.2, 0.25) is 0 Å². The summed E-state index contributed by atoms with van der Waals surface area (Å²) in [6, 6.07) is 0. The summed E-state index contributed by atoms with van der Waals surface area (Å²) in [6.45, 7) is 36.2. The highest BCUT2D eigenvalue weighted by Gasteiger charge is 2.31. The molecule has 0 bridgehead atoms. The molecular weight excluding hydrogens is 360 g/mol. The third-order valence-corrected chi connectivity index (χ3v) is 6.06. The standard InChI is InChI=1S/2C13H24.2C2H6/c2*1-12(2,3)10-8-7-9-11(10)13(4,5)6;2*1-2/h2*7-9H2,1-6H3;2*1-2H3. The highest BCUT2D eigenvalue weighted by Crippen LogP contribution is 2.46. The molecule has 0 aromatic heterocycles. The number of rotatable bonds is 0. The van der Waals surface area contributed by atoms with Crippen LogP contribution in [0.2, 0.25) is 0 Å². The van der Waals surface area contributed by atoms with E-state index in [-0.39, 0.29) is 0 Å². The number of hydrogen-bond donors (Lipinski definition) is 0. The SMILES string of the molecule is CC.CC.CC(C)(C)C1=C(C(C)(C)C)CCC1.CC(C)(C)C1=C(C(C)(C)C)CCC1. The van der Waals surface area contributed by atoms with Crippen molar-refractivity contribution in [2.24, 2.45) is 21.7 Å². The first-order chi connectivity index (χ1) is 13.5. The lowest BCUT2D eigenvalue weighted by atomic mass is 9.76. The van der Waals surface area contributed by atoms with E-state index in [4.69, 9.17) is 0 Å². The summed E-state index contributed by atoms with van der Waals surface area (Å²) < 4.78 is 0. The molecule has 30 heavy (non-hydrogen) atoms. The molecule has 0 aliphatic heterocycles. The maximum atomic E-state index is 2.35. The van der Waals surface area contributed by atoms with E-state index in [2.05, 4.69) is 83.1 Å². The predicted molar refractivity (Wildman–Crippen MR) is 142 cm³/mol. The van der Waals surface area contributed by atoms with Crippen molar-refractivity contribution in [2.75, 3.05) is 0 Å². The van der Waals surface area contributed by atoms with Crippen molar-refractivity contribution in [1.29, 1.82) is 0 Å². The molecule has 0 amide bonds. The molecule has 0 saturated heterocycles. The molecule has 0 nitrogen and oxygen atoms in total. The van der Waals surface area contributed by atoms with Crippen molar-refractivity contribution < 1.29 is 0 Å². The van der Waals surface area contributed by atoms with Crippen LogP contribution in [-0.2, 0) is 0 Å². The predicted octanol–water partition coefficient (Wildman–Crippen LogP) is 11.2. The van der Waals surface area contributed by atoms with Crippen molar-refractivity contribution in [3.05, 3.63) is 22.3 Å². The molecule has 0 unspecified atom stereocenters. The summed E-state index contributed by atoms with van der Waals surface area (Å²) in [5.41, 5.74) is 8.44. The maximum absolute atomic E-state index is 2.35. The van der Waals surface area contributed by atoms with Crippen LogP contribution in [0.4, 0.5) is 0 Å². The van der Waals surface area contributed by atoms with E-state index in [9.17, 15) is 0 Å². The summed E-state index contributed by atoms with van der Waals surface area (Å²) >= 11 is 0. The topological polar surface area (TPSA) is 0 Å². The van der Waals surface area contributed by atoms with E-state index in [1.54, 1.807) is 22.3 Å². The molecule has 0 N–H and O–H groups in total. The molecule has 0 atom stereocenters. The van der Waals surface area contributed by atoms with E-state index in [0.29, 0.717) is 21.7 Å². The molecule has 0 saturated carbocycles. The molecule has 2 aliphatic carbocycles. The van der Waals surface area contributed by atoms with Gasteiger partial charge in [0, 0.05) is 0 Å². The van der Waals surface area contributed by atoms with Gasteiger partial charge in [-0.2, -0.15) is 0 Å². The lowest BCUT2D eigenvalue weighted by Gasteiger charge is -2.29. The Labute approximate surface area is 193 Å². The molecule has 0 aromatic carbocycles. The van der Waals surface area contributed by atoms with Crippen LogP contribution in [0, 0.1) is 21.7 Å². The van der Waals surface area contributed by atoms with Gasteiger partial charge < -0.3 is 0 Å². The fourth-order valence-corrected chi connectivity index (χ4v) is 4.80. The molecule has 0 radical (unpaired) electrons. The zero-order chi connectivity index (χ0) is 24.6. The third-order valence-electron chi connectivity index (χ3n) is 6.06. The first-order valence-corrected chi connectivity index (χ1v) is 12.9. The highest BCUT2D eigenvalue weighted by atomic mass is 14.4. The smallest absolute Gasteiger partial charge is 0.0170 e. The van der Waals surface area contributed by atoms with Gasteiger partial charge in [0.25, 0.3) is 0 Å². The van der Waals surface area contributed by atoms with Crippen LogP contribution >= 0.6 is 0 Å². The largest absolute Gasteiger partial charge is 0.0683 e. The second-order valence-corrected chi connectivity index (χ2v) is 12.6. The van der Waals surface area contributed by atoms with Gasteiger partial charge in [0.15, 0.2) is 0 Å². The Balaban J connectivity index is 0. The molecule has 0 spiro atoms. The van der Waals surface area contributed by atoms with Crippen molar-refractivity contribution in [1.82, 2.24) is 0 Å². The average molecular weight is 421 g/mol. The molecule has 0 heteroatoms. The Kier molecular flexibility index (Phi) is 13.2. The maximum Gasteiger partial charge on any atom is -0.0170 e. The molecular formula is C30H60. The highest BCUT2D eigenvalue weighted by molar-refractivity contribution is 5.29. The van der Waals surface area contributed by atoms with E-state index >= 15 is 0 Å². The van der Waals surface area contributed by atoms with Gasteiger partial charge in [-0.3, -0.25) is 0 Å². The lowest BCUT2D eigenvalue weighted by Crippen LogP contribution is -2.16. The summed E-state index contributed by atoms with van der Waals surface area (Å²) in [4.78, 5) is 0. The molecule has 2 rings (SSSR count). The third kappa shape index (κ3) is 10.2. The van der Waals surface area contributed by atoms with Gasteiger partial charge in [0.1, 0.15) is 0 Å². The second kappa shape index (κ2) is 12.5. The number of hydrogen-bond acceptors (Lipinski definition) is 0. The fourth-order valence-electron chi connectivity index (χ4n) is 4.80. The van der Waals surface area contributed by atoms with Crippen LogP contribution in [0.3, 0.4) is 0 Å². The average Bonchev–Trinajstić information content (AvgIpc) is 3.27. The molecule has 0 heterocycles. The van der Waals surface area contributed by atoms with Gasteiger partial charge in [0.05, 0.1) is 0 Å². The minimum absolute atomic E-state index is 0.388. The Bertz CT molecular complexity index is 439. The van der Waals surface area contributed by atoms with Gasteiger partial charge in [-0.15, -0.1) is 0 Å². The molecule has 180 valence electrons. The molecule has 0 fully saturated rings. The zero-order valence-corrected chi connectivity index (χ0v) is 24.2. The van der Waals surface area contributed by atoms with Gasteiger partial charge in [-0.25, -0.2) is 0 Å². The van der Waals surface area contributed by atoms with Crippen molar-refractivity contribution >= 4 is 0 Å². The Morgan fingerprint density at radius 1 is 0.333 bits per heavy atom. The molecule has 0 aromatic rings. The van der Waals surface area contributed by atoms with Crippen LogP contribution in [-0.4, -0.2) is 0 Å². The quantitative estimate of drug-likeness (QED) is 0.342. The van der Waals surface area contributed by atoms with Gasteiger partial charge in [-0.05, 0) is 60.2 Å². The zero-order valence-electron chi connectivity index (χ0n) is 24.2. The molecule has 2 aliphatic rings. The minimum atomic E-state index is 0.388. The van der Waals surface area contributed by atoms with Crippen LogP contribution in [0.1, 0.15) is 149 Å². The first-order valence-electron chi connectivity index (χ1n) is 12.9. The first kappa shape index (κ1) is 31.7. The normalized spacial score (nSPS) is 17.6. The summed E-state index contributed by atoms with van der Waals surface area (Å²) in [5.74, 6) is 0. The summed E-state index contributed by atoms with van der Waals surface area (Å²) in [5, 5.41) is 0. The second-order valence-electron chi connectivity index (χ2n) is 12.6. The minimum Gasteiger partial charge on any atom is -0.0683 e. The van der Waals surface area contributed by atoms with Crippen LogP contribution in [0.5, 0.6) is 0 Å². The summed E-state index contributed by atoms with van der Waals surface area (Å²) in [6.07, 6.45) is 8.07. The van der Waals surface area contributed by atoms with Gasteiger partial charge in [-0.1, -0.05) is 133 Å².